The van der Waals surface area contributed by atoms with Crippen LogP contribution >= 0.6 is 0 Å². The van der Waals surface area contributed by atoms with Crippen molar-refractivity contribution in [1.82, 2.24) is 4.90 Å². The maximum absolute atomic E-state index is 12.2. The number of amides is 1. The highest BCUT2D eigenvalue weighted by Crippen LogP contribution is 2.17. The molecule has 0 saturated carbocycles. The van der Waals surface area contributed by atoms with Gasteiger partial charge < -0.3 is 14.7 Å². The lowest BCUT2D eigenvalue weighted by molar-refractivity contribution is -0.157. The average molecular weight is 279 g/mol. The van der Waals surface area contributed by atoms with E-state index in [1.54, 1.807) is 19.1 Å². The highest BCUT2D eigenvalue weighted by atomic mass is 16.5. The zero-order valence-electron chi connectivity index (χ0n) is 12.5. The number of nitrogens with zero attached hydrogens (tertiary/aromatic N) is 1. The Morgan fingerprint density at radius 3 is 2.20 bits per heavy atom. The summed E-state index contributed by atoms with van der Waals surface area (Å²) in [5, 5.41) is 9.13. The Balaban J connectivity index is 2.77. The molecule has 20 heavy (non-hydrogen) atoms. The van der Waals surface area contributed by atoms with E-state index in [-0.39, 0.29) is 5.91 Å². The van der Waals surface area contributed by atoms with Crippen LogP contribution in [0, 0.1) is 6.92 Å². The molecule has 0 spiro atoms. The van der Waals surface area contributed by atoms with E-state index in [2.05, 4.69) is 0 Å². The third-order valence-electron chi connectivity index (χ3n) is 3.37. The second-order valence-electron chi connectivity index (χ2n) is 5.33. The summed E-state index contributed by atoms with van der Waals surface area (Å²) in [4.78, 5) is 24.5. The quantitative estimate of drug-likeness (QED) is 0.896. The lowest BCUT2D eigenvalue weighted by atomic mass is 10.0. The van der Waals surface area contributed by atoms with Gasteiger partial charge in [0.1, 0.15) is 11.3 Å². The molecule has 1 amide bonds. The van der Waals surface area contributed by atoms with Gasteiger partial charge in [0.25, 0.3) is 5.91 Å². The maximum Gasteiger partial charge on any atom is 0.329 e. The van der Waals surface area contributed by atoms with Crippen LogP contribution in [0.15, 0.2) is 24.3 Å². The molecule has 0 radical (unpaired) electrons. The predicted octanol–water partition coefficient (Wildman–Crippen LogP) is 2.08. The number of hydrogen-bond donors (Lipinski definition) is 1. The van der Waals surface area contributed by atoms with Gasteiger partial charge in [-0.15, -0.1) is 0 Å². The molecule has 0 aromatic heterocycles. The number of aliphatic carboxylic acids is 1. The summed E-state index contributed by atoms with van der Waals surface area (Å²) in [6.07, 6.45) is -0.749. The maximum atomic E-state index is 12.2. The van der Waals surface area contributed by atoms with Gasteiger partial charge in [0.15, 0.2) is 6.10 Å². The number of ether oxygens (including phenoxy) is 1. The number of rotatable bonds is 5. The standard InChI is InChI=1S/C15H21NO4/c1-10-6-8-12(9-7-10)20-11(2)13(17)16(5)15(3,4)14(18)19/h6-9,11H,1-5H3,(H,18,19). The van der Waals surface area contributed by atoms with E-state index in [1.165, 1.54) is 25.8 Å². The van der Waals surface area contributed by atoms with Crippen LogP contribution in [0.1, 0.15) is 26.3 Å². The molecule has 0 aliphatic rings. The van der Waals surface area contributed by atoms with Crippen LogP contribution in [0.3, 0.4) is 0 Å². The second kappa shape index (κ2) is 5.94. The van der Waals surface area contributed by atoms with E-state index < -0.39 is 17.6 Å². The zero-order valence-corrected chi connectivity index (χ0v) is 12.5. The van der Waals surface area contributed by atoms with E-state index in [9.17, 15) is 9.59 Å². The number of hydrogen-bond acceptors (Lipinski definition) is 3. The van der Waals surface area contributed by atoms with E-state index in [4.69, 9.17) is 9.84 Å². The zero-order chi connectivity index (χ0) is 15.5. The Morgan fingerprint density at radius 1 is 1.25 bits per heavy atom. The van der Waals surface area contributed by atoms with Crippen molar-refractivity contribution in [3.63, 3.8) is 0 Å². The molecule has 1 aromatic rings. The van der Waals surface area contributed by atoms with Crippen LogP contribution in [0.2, 0.25) is 0 Å². The first-order valence-corrected chi connectivity index (χ1v) is 6.40. The van der Waals surface area contributed by atoms with Crippen molar-refractivity contribution in [2.45, 2.75) is 39.3 Å². The van der Waals surface area contributed by atoms with E-state index >= 15 is 0 Å². The first kappa shape index (κ1) is 16.0. The Bertz CT molecular complexity index is 493. The van der Waals surface area contributed by atoms with Gasteiger partial charge in [0.05, 0.1) is 0 Å². The highest BCUT2D eigenvalue weighted by molar-refractivity contribution is 5.88. The monoisotopic (exact) mass is 279 g/mol. The van der Waals surface area contributed by atoms with Gasteiger partial charge in [-0.05, 0) is 39.8 Å². The molecule has 0 heterocycles. The van der Waals surface area contributed by atoms with Gasteiger partial charge in [-0.1, -0.05) is 17.7 Å². The van der Waals surface area contributed by atoms with Crippen molar-refractivity contribution in [3.05, 3.63) is 29.8 Å². The van der Waals surface area contributed by atoms with Crippen molar-refractivity contribution in [3.8, 4) is 5.75 Å². The number of carbonyl (C=O) groups excluding carboxylic acids is 1. The fraction of sp³-hybridized carbons (Fsp3) is 0.467. The first-order chi connectivity index (χ1) is 9.16. The minimum Gasteiger partial charge on any atom is -0.481 e. The van der Waals surface area contributed by atoms with Crippen LogP contribution in [-0.4, -0.2) is 40.6 Å². The third-order valence-corrected chi connectivity index (χ3v) is 3.37. The van der Waals surface area contributed by atoms with Crippen LogP contribution in [0.25, 0.3) is 0 Å². The predicted molar refractivity (Wildman–Crippen MR) is 75.8 cm³/mol. The fourth-order valence-corrected chi connectivity index (χ4v) is 1.56. The molecule has 1 atom stereocenters. The topological polar surface area (TPSA) is 66.8 Å². The number of likely N-dealkylation sites (N-methyl/N-ethyl adjacent to an activating group) is 1. The summed E-state index contributed by atoms with van der Waals surface area (Å²) in [5.41, 5.74) is -0.178. The van der Waals surface area contributed by atoms with Gasteiger partial charge in [-0.3, -0.25) is 4.79 Å². The van der Waals surface area contributed by atoms with Crippen molar-refractivity contribution >= 4 is 11.9 Å². The summed E-state index contributed by atoms with van der Waals surface area (Å²) < 4.78 is 5.54. The van der Waals surface area contributed by atoms with E-state index in [0.717, 1.165) is 5.56 Å². The largest absolute Gasteiger partial charge is 0.481 e. The SMILES string of the molecule is Cc1ccc(OC(C)C(=O)N(C)C(C)(C)C(=O)O)cc1. The molecule has 5 nitrogen and oxygen atoms in total. The van der Waals surface area contributed by atoms with E-state index in [0.29, 0.717) is 5.75 Å². The average Bonchev–Trinajstić information content (AvgIpc) is 2.39. The lowest BCUT2D eigenvalue weighted by Crippen LogP contribution is -2.54. The number of benzene rings is 1. The number of carbonyl (C=O) groups is 2. The van der Waals surface area contributed by atoms with Gasteiger partial charge in [0.2, 0.25) is 0 Å². The van der Waals surface area contributed by atoms with Crippen molar-refractivity contribution in [1.29, 1.82) is 0 Å². The van der Waals surface area contributed by atoms with Gasteiger partial charge >= 0.3 is 5.97 Å². The second-order valence-corrected chi connectivity index (χ2v) is 5.33. The third kappa shape index (κ3) is 3.50. The Hall–Kier alpha value is -2.04. The summed E-state index contributed by atoms with van der Waals surface area (Å²) in [6, 6.07) is 7.33. The molecule has 1 N–H and O–H groups in total. The molecule has 0 aliphatic heterocycles. The molecule has 1 rings (SSSR count). The highest BCUT2D eigenvalue weighted by Gasteiger charge is 2.37. The van der Waals surface area contributed by atoms with E-state index in [1.807, 2.05) is 19.1 Å². The van der Waals surface area contributed by atoms with Gasteiger partial charge in [0, 0.05) is 7.05 Å². The lowest BCUT2D eigenvalue weighted by Gasteiger charge is -2.33. The molecule has 0 fully saturated rings. The molecule has 0 saturated heterocycles. The molecule has 0 bridgehead atoms. The number of carboxylic acid groups (broad SMARTS) is 1. The van der Waals surface area contributed by atoms with Gasteiger partial charge in [-0.25, -0.2) is 4.79 Å². The van der Waals surface area contributed by atoms with Crippen molar-refractivity contribution in [2.75, 3.05) is 7.05 Å². The van der Waals surface area contributed by atoms with Crippen LogP contribution < -0.4 is 4.74 Å². The smallest absolute Gasteiger partial charge is 0.329 e. The number of aryl methyl sites for hydroxylation is 1. The molecule has 110 valence electrons. The van der Waals surface area contributed by atoms with Crippen LogP contribution in [-0.2, 0) is 9.59 Å². The fourth-order valence-electron chi connectivity index (χ4n) is 1.56. The summed E-state index contributed by atoms with van der Waals surface area (Å²) in [6.45, 7) is 6.52. The van der Waals surface area contributed by atoms with Gasteiger partial charge in [-0.2, -0.15) is 0 Å². The summed E-state index contributed by atoms with van der Waals surface area (Å²) >= 11 is 0. The number of carboxylic acids is 1. The Kier molecular flexibility index (Phi) is 4.76. The van der Waals surface area contributed by atoms with Crippen LogP contribution in [0.5, 0.6) is 5.75 Å². The van der Waals surface area contributed by atoms with Crippen molar-refractivity contribution < 1.29 is 19.4 Å². The summed E-state index contributed by atoms with van der Waals surface area (Å²) in [7, 11) is 1.46. The molecule has 0 aliphatic carbocycles. The van der Waals surface area contributed by atoms with Crippen molar-refractivity contribution in [2.24, 2.45) is 0 Å². The van der Waals surface area contributed by atoms with Crippen LogP contribution in [0.4, 0.5) is 0 Å². The minimum atomic E-state index is -1.28. The molecular formula is C15H21NO4. The Labute approximate surface area is 119 Å². The molecule has 5 heteroatoms. The molecule has 1 aromatic carbocycles. The molecular weight excluding hydrogens is 258 g/mol. The summed E-state index contributed by atoms with van der Waals surface area (Å²) in [5.74, 6) is -0.855. The minimum absolute atomic E-state index is 0.377. The Morgan fingerprint density at radius 2 is 1.75 bits per heavy atom. The normalized spacial score (nSPS) is 12.7. The molecule has 1 unspecified atom stereocenters. The first-order valence-electron chi connectivity index (χ1n) is 6.40.